The van der Waals surface area contributed by atoms with Crippen LogP contribution in [0.4, 0.5) is 0 Å². The Hall–Kier alpha value is -1.58. The summed E-state index contributed by atoms with van der Waals surface area (Å²) in [6.07, 6.45) is 2.41. The van der Waals surface area contributed by atoms with Crippen molar-refractivity contribution in [2.45, 2.75) is 155 Å². The first-order chi connectivity index (χ1) is 23.4. The lowest BCUT2D eigenvalue weighted by Gasteiger charge is -2.51. The molecule has 0 aliphatic carbocycles. The zero-order valence-corrected chi connectivity index (χ0v) is 37.1. The number of rotatable bonds is 18. The topological polar surface area (TPSA) is 90.9 Å². The SMILES string of the molecule is COC(=O)C[C@]1(OC)C[C@H](O[Si](C)(C)C(C)(C)C)[C@@H](C)[C@H]([C@H](C)[C@@H](/C=C(\C)C[C@@H](COCc2ccc(OC)cc2)O[Si](C)(C)C(C)(C)C)OC)O1. The van der Waals surface area contributed by atoms with E-state index in [0.717, 1.165) is 16.9 Å². The molecule has 9 nitrogen and oxygen atoms in total. The van der Waals surface area contributed by atoms with Gasteiger partial charge in [0.2, 0.25) is 0 Å². The Morgan fingerprint density at radius 3 is 2.06 bits per heavy atom. The molecule has 1 aromatic carbocycles. The molecule has 1 aliphatic rings. The van der Waals surface area contributed by atoms with E-state index in [0.29, 0.717) is 26.1 Å². The van der Waals surface area contributed by atoms with Crippen LogP contribution in [0.15, 0.2) is 35.9 Å². The second-order valence-electron chi connectivity index (χ2n) is 17.6. The fourth-order valence-corrected chi connectivity index (χ4v) is 8.84. The molecule has 2 rings (SSSR count). The largest absolute Gasteiger partial charge is 0.497 e. The standard InChI is InChI=1S/C40H72O9Si2/c1-28(22-33(48-50(14,15)38(4,5)6)27-46-26-31-18-20-32(42-10)21-19-31)23-34(43-11)29(2)37-30(3)35(49-51(16,17)39(7,8)9)24-40(45-13,47-37)25-36(41)44-12/h18-21,23,29-30,33-35,37H,22,24-27H2,1-17H3/b28-23+/t29-,30-,33+,34-,35+,37+,40+/m1/s1. The predicted molar refractivity (Wildman–Crippen MR) is 210 cm³/mol. The third-order valence-corrected chi connectivity index (χ3v) is 20.6. The molecule has 0 bridgehead atoms. The third-order valence-electron chi connectivity index (χ3n) is 11.5. The van der Waals surface area contributed by atoms with E-state index in [-0.39, 0.29) is 58.7 Å². The van der Waals surface area contributed by atoms with Gasteiger partial charge in [0.05, 0.1) is 58.3 Å². The van der Waals surface area contributed by atoms with Crippen LogP contribution in [-0.4, -0.2) is 87.9 Å². The summed E-state index contributed by atoms with van der Waals surface area (Å²) >= 11 is 0. The van der Waals surface area contributed by atoms with Crippen molar-refractivity contribution in [2.75, 3.05) is 35.0 Å². The third kappa shape index (κ3) is 12.8. The molecule has 294 valence electrons. The lowest BCUT2D eigenvalue weighted by atomic mass is 9.80. The van der Waals surface area contributed by atoms with Crippen molar-refractivity contribution in [1.29, 1.82) is 0 Å². The lowest BCUT2D eigenvalue weighted by molar-refractivity contribution is -0.310. The van der Waals surface area contributed by atoms with Crippen molar-refractivity contribution in [1.82, 2.24) is 0 Å². The first-order valence-corrected chi connectivity index (χ1v) is 24.3. The summed E-state index contributed by atoms with van der Waals surface area (Å²) in [6.45, 7) is 30.0. The minimum atomic E-state index is -2.17. The van der Waals surface area contributed by atoms with E-state index in [9.17, 15) is 4.79 Å². The summed E-state index contributed by atoms with van der Waals surface area (Å²) < 4.78 is 49.7. The van der Waals surface area contributed by atoms with Gasteiger partial charge in [0.15, 0.2) is 22.4 Å². The second kappa shape index (κ2) is 18.6. The van der Waals surface area contributed by atoms with E-state index < -0.39 is 22.4 Å². The second-order valence-corrected chi connectivity index (χ2v) is 27.1. The number of hydrogen-bond donors (Lipinski definition) is 0. The van der Waals surface area contributed by atoms with Crippen LogP contribution in [0.3, 0.4) is 0 Å². The summed E-state index contributed by atoms with van der Waals surface area (Å²) in [5.41, 5.74) is 2.23. The maximum absolute atomic E-state index is 12.7. The highest BCUT2D eigenvalue weighted by molar-refractivity contribution is 6.74. The summed E-state index contributed by atoms with van der Waals surface area (Å²) in [5.74, 6) is -0.814. The molecule has 0 amide bonds. The number of esters is 1. The molecule has 0 spiro atoms. The lowest BCUT2D eigenvalue weighted by Crippen LogP contribution is -2.59. The molecule has 0 aromatic heterocycles. The Morgan fingerprint density at radius 1 is 0.980 bits per heavy atom. The molecular weight excluding hydrogens is 681 g/mol. The monoisotopic (exact) mass is 752 g/mol. The van der Waals surface area contributed by atoms with Gasteiger partial charge < -0.3 is 37.3 Å². The molecule has 0 radical (unpaired) electrons. The zero-order valence-electron chi connectivity index (χ0n) is 35.1. The van der Waals surface area contributed by atoms with Crippen molar-refractivity contribution in [3.05, 3.63) is 41.5 Å². The molecule has 1 saturated heterocycles. The van der Waals surface area contributed by atoms with Crippen molar-refractivity contribution >= 4 is 22.6 Å². The van der Waals surface area contributed by atoms with E-state index in [1.807, 2.05) is 24.3 Å². The Labute approximate surface area is 312 Å². The Balaban J connectivity index is 2.38. The van der Waals surface area contributed by atoms with Crippen molar-refractivity contribution in [3.8, 4) is 5.75 Å². The highest BCUT2D eigenvalue weighted by Gasteiger charge is 2.52. The maximum atomic E-state index is 12.7. The molecule has 1 aromatic rings. The molecule has 1 heterocycles. The summed E-state index contributed by atoms with van der Waals surface area (Å²) in [6, 6.07) is 7.95. The van der Waals surface area contributed by atoms with Gasteiger partial charge in [0, 0.05) is 32.5 Å². The smallest absolute Gasteiger partial charge is 0.310 e. The molecule has 11 heteroatoms. The van der Waals surface area contributed by atoms with Gasteiger partial charge in [0.1, 0.15) is 5.75 Å². The normalized spacial score (nSPS) is 24.2. The van der Waals surface area contributed by atoms with Crippen LogP contribution in [-0.2, 0) is 43.9 Å². The zero-order chi connectivity index (χ0) is 39.0. The summed E-state index contributed by atoms with van der Waals surface area (Å²) in [4.78, 5) is 12.7. The van der Waals surface area contributed by atoms with Crippen LogP contribution in [0.5, 0.6) is 5.75 Å². The predicted octanol–water partition coefficient (Wildman–Crippen LogP) is 9.31. The van der Waals surface area contributed by atoms with Gasteiger partial charge in [-0.2, -0.15) is 0 Å². The number of methoxy groups -OCH3 is 4. The molecule has 51 heavy (non-hydrogen) atoms. The number of carbonyl (C=O) groups is 1. The van der Waals surface area contributed by atoms with Crippen molar-refractivity contribution in [2.24, 2.45) is 11.8 Å². The fourth-order valence-electron chi connectivity index (χ4n) is 6.09. The van der Waals surface area contributed by atoms with Crippen LogP contribution >= 0.6 is 0 Å². The van der Waals surface area contributed by atoms with E-state index in [4.69, 9.17) is 37.3 Å². The van der Waals surface area contributed by atoms with Crippen LogP contribution in [0.25, 0.3) is 0 Å². The van der Waals surface area contributed by atoms with Gasteiger partial charge in [-0.05, 0) is 67.3 Å². The molecular formula is C40H72O9Si2. The molecule has 0 N–H and O–H groups in total. The number of ether oxygens (including phenoxy) is 6. The van der Waals surface area contributed by atoms with Gasteiger partial charge in [-0.1, -0.05) is 79.2 Å². The van der Waals surface area contributed by atoms with Gasteiger partial charge in [-0.15, -0.1) is 0 Å². The average molecular weight is 753 g/mol. The minimum Gasteiger partial charge on any atom is -0.497 e. The maximum Gasteiger partial charge on any atom is 0.310 e. The van der Waals surface area contributed by atoms with Gasteiger partial charge in [-0.3, -0.25) is 4.79 Å². The van der Waals surface area contributed by atoms with Crippen LogP contribution in [0.2, 0.25) is 36.3 Å². The number of benzene rings is 1. The molecule has 1 fully saturated rings. The average Bonchev–Trinajstić information content (AvgIpc) is 3.03. The van der Waals surface area contributed by atoms with E-state index >= 15 is 0 Å². The fraction of sp³-hybridized carbons (Fsp3) is 0.775. The number of carbonyl (C=O) groups excluding carboxylic acids is 1. The summed E-state index contributed by atoms with van der Waals surface area (Å²) in [7, 11) is 2.13. The molecule has 0 unspecified atom stereocenters. The Bertz CT molecular complexity index is 1250. The van der Waals surface area contributed by atoms with E-state index in [2.05, 4.69) is 94.6 Å². The molecule has 7 atom stereocenters. The van der Waals surface area contributed by atoms with Crippen LogP contribution in [0.1, 0.15) is 87.1 Å². The van der Waals surface area contributed by atoms with E-state index in [1.54, 1.807) is 21.3 Å². The van der Waals surface area contributed by atoms with Crippen molar-refractivity contribution in [3.63, 3.8) is 0 Å². The Kier molecular flexibility index (Phi) is 16.7. The quantitative estimate of drug-likeness (QED) is 0.0827. The van der Waals surface area contributed by atoms with Crippen LogP contribution < -0.4 is 4.74 Å². The first kappa shape index (κ1) is 45.6. The minimum absolute atomic E-state index is 0.0144. The van der Waals surface area contributed by atoms with Gasteiger partial charge >= 0.3 is 5.97 Å². The van der Waals surface area contributed by atoms with Gasteiger partial charge in [-0.25, -0.2) is 0 Å². The Morgan fingerprint density at radius 2 is 1.57 bits per heavy atom. The summed E-state index contributed by atoms with van der Waals surface area (Å²) in [5, 5.41) is 0.0679. The van der Waals surface area contributed by atoms with Gasteiger partial charge in [0.25, 0.3) is 0 Å². The molecule has 0 saturated carbocycles. The molecule has 1 aliphatic heterocycles. The first-order valence-electron chi connectivity index (χ1n) is 18.5. The number of hydrogen-bond acceptors (Lipinski definition) is 9. The van der Waals surface area contributed by atoms with E-state index in [1.165, 1.54) is 7.11 Å². The van der Waals surface area contributed by atoms with Crippen LogP contribution in [0, 0.1) is 11.8 Å². The highest BCUT2D eigenvalue weighted by atomic mass is 28.4. The van der Waals surface area contributed by atoms with Crippen molar-refractivity contribution < 1.29 is 42.1 Å². The highest BCUT2D eigenvalue weighted by Crippen LogP contribution is 2.45.